The highest BCUT2D eigenvalue weighted by molar-refractivity contribution is 6.21. The number of carbonyl (C=O) groups excluding carboxylic acids is 4. The molecular weight excluding hydrogens is 372 g/mol. The number of Topliss-reactive ketones (excluding diaryl/α,β-unsaturated/α-hetero) is 1. The van der Waals surface area contributed by atoms with Gasteiger partial charge in [-0.2, -0.15) is 0 Å². The van der Waals surface area contributed by atoms with Crippen LogP contribution in [0, 0.1) is 0 Å². The molecule has 1 N–H and O–H groups in total. The number of nitrogens with zero attached hydrogens (tertiary/aromatic N) is 3. The van der Waals surface area contributed by atoms with E-state index in [1.165, 1.54) is 11.8 Å². The van der Waals surface area contributed by atoms with Crippen molar-refractivity contribution in [2.24, 2.45) is 0 Å². The van der Waals surface area contributed by atoms with Gasteiger partial charge < -0.3 is 10.2 Å². The molecule has 148 valence electrons. The Labute approximate surface area is 167 Å². The molecule has 3 heterocycles. The van der Waals surface area contributed by atoms with Crippen LogP contribution in [0.4, 0.5) is 10.5 Å². The second-order valence-corrected chi connectivity index (χ2v) is 7.20. The van der Waals surface area contributed by atoms with Crippen LogP contribution >= 0.6 is 0 Å². The molecule has 0 radical (unpaired) electrons. The molecule has 2 aliphatic heterocycles. The Bertz CT molecular complexity index is 991. The lowest BCUT2D eigenvalue weighted by Gasteiger charge is -2.32. The zero-order chi connectivity index (χ0) is 20.5. The van der Waals surface area contributed by atoms with Gasteiger partial charge in [-0.1, -0.05) is 12.1 Å². The van der Waals surface area contributed by atoms with Crippen LogP contribution in [0.1, 0.15) is 40.5 Å². The van der Waals surface area contributed by atoms with Crippen LogP contribution in [0.25, 0.3) is 0 Å². The predicted molar refractivity (Wildman–Crippen MR) is 105 cm³/mol. The van der Waals surface area contributed by atoms with Gasteiger partial charge in [-0.15, -0.1) is 0 Å². The van der Waals surface area contributed by atoms with E-state index in [1.807, 2.05) is 0 Å². The summed E-state index contributed by atoms with van der Waals surface area (Å²) in [6.45, 7) is 1.81. The summed E-state index contributed by atoms with van der Waals surface area (Å²) < 4.78 is 0. The van der Waals surface area contributed by atoms with Crippen molar-refractivity contribution in [3.63, 3.8) is 0 Å². The highest BCUT2D eigenvalue weighted by atomic mass is 16.2. The number of carbonyl (C=O) groups is 4. The van der Waals surface area contributed by atoms with Crippen molar-refractivity contribution in [2.75, 3.05) is 11.4 Å². The van der Waals surface area contributed by atoms with Gasteiger partial charge in [0.05, 0.1) is 5.69 Å². The van der Waals surface area contributed by atoms with Crippen LogP contribution in [-0.2, 0) is 4.79 Å². The highest BCUT2D eigenvalue weighted by Crippen LogP contribution is 2.31. The first-order chi connectivity index (χ1) is 14.0. The maximum atomic E-state index is 13.0. The zero-order valence-corrected chi connectivity index (χ0v) is 15.9. The van der Waals surface area contributed by atoms with Crippen molar-refractivity contribution in [3.05, 3.63) is 59.9 Å². The summed E-state index contributed by atoms with van der Waals surface area (Å²) in [4.78, 5) is 56.4. The molecule has 4 amide bonds. The zero-order valence-electron chi connectivity index (χ0n) is 15.9. The molecule has 29 heavy (non-hydrogen) atoms. The van der Waals surface area contributed by atoms with Crippen molar-refractivity contribution in [3.8, 4) is 0 Å². The molecule has 8 heteroatoms. The van der Waals surface area contributed by atoms with Crippen molar-refractivity contribution in [1.82, 2.24) is 15.2 Å². The fraction of sp³-hybridized carbons (Fsp3) is 0.286. The quantitative estimate of drug-likeness (QED) is 0.634. The Hall–Kier alpha value is -3.55. The first kappa shape index (κ1) is 18.8. The molecule has 8 nitrogen and oxygen atoms in total. The molecule has 0 saturated carbocycles. The number of piperidine rings is 1. The first-order valence-corrected chi connectivity index (χ1v) is 9.42. The number of pyridine rings is 1. The minimum Gasteiger partial charge on any atom is -0.349 e. The molecule has 0 aliphatic carbocycles. The van der Waals surface area contributed by atoms with Gasteiger partial charge in [0.15, 0.2) is 5.78 Å². The average molecular weight is 392 g/mol. The predicted octanol–water partition coefficient (Wildman–Crippen LogP) is 2.01. The fourth-order valence-corrected chi connectivity index (χ4v) is 3.80. The number of benzene rings is 1. The number of ketones is 1. The van der Waals surface area contributed by atoms with E-state index in [1.54, 1.807) is 48.8 Å². The number of urea groups is 1. The van der Waals surface area contributed by atoms with Gasteiger partial charge in [0, 0.05) is 36.1 Å². The average Bonchev–Trinajstić information content (AvgIpc) is 2.98. The standard InChI is InChI=1S/C21H20N4O4/c1-13(26)15-3-2-4-17(11-15)25-20(28)18-12-16(7-10-24(18)21(25)29)23-19(27)14-5-8-22-9-6-14/h2-6,8-9,11,16,18H,7,10,12H2,1H3,(H,23,27)/t16-,18-/m0/s1. The van der Waals surface area contributed by atoms with Crippen LogP contribution in [-0.4, -0.2) is 52.1 Å². The van der Waals surface area contributed by atoms with Gasteiger partial charge in [-0.05, 0) is 44.0 Å². The third kappa shape index (κ3) is 3.49. The SMILES string of the molecule is CC(=O)c1cccc(N2C(=O)[C@@H]3C[C@@H](NC(=O)c4ccncc4)CCN3C2=O)c1. The molecule has 0 unspecified atom stereocenters. The van der Waals surface area contributed by atoms with E-state index in [2.05, 4.69) is 10.3 Å². The summed E-state index contributed by atoms with van der Waals surface area (Å²) in [6, 6.07) is 8.52. The highest BCUT2D eigenvalue weighted by Gasteiger charge is 2.48. The Morgan fingerprint density at radius 1 is 1.10 bits per heavy atom. The summed E-state index contributed by atoms with van der Waals surface area (Å²) in [5.74, 6) is -0.699. The topological polar surface area (TPSA) is 99.7 Å². The van der Waals surface area contributed by atoms with Crippen molar-refractivity contribution in [1.29, 1.82) is 0 Å². The lowest BCUT2D eigenvalue weighted by atomic mass is 9.97. The van der Waals surface area contributed by atoms with Crippen LogP contribution < -0.4 is 10.2 Å². The molecule has 1 aromatic heterocycles. The van der Waals surface area contributed by atoms with Crippen molar-refractivity contribution >= 4 is 29.3 Å². The van der Waals surface area contributed by atoms with Gasteiger partial charge in [-0.3, -0.25) is 19.4 Å². The number of aromatic nitrogens is 1. The van der Waals surface area contributed by atoms with E-state index in [0.717, 1.165) is 4.90 Å². The van der Waals surface area contributed by atoms with Crippen LogP contribution in [0.3, 0.4) is 0 Å². The molecule has 1 aromatic carbocycles. The molecule has 2 aliphatic rings. The van der Waals surface area contributed by atoms with E-state index in [4.69, 9.17) is 0 Å². The maximum Gasteiger partial charge on any atom is 0.332 e. The second kappa shape index (κ2) is 7.46. The third-order valence-corrected chi connectivity index (χ3v) is 5.33. The Kier molecular flexibility index (Phi) is 4.84. The van der Waals surface area contributed by atoms with Gasteiger partial charge in [0.1, 0.15) is 6.04 Å². The van der Waals surface area contributed by atoms with Gasteiger partial charge in [0.25, 0.3) is 11.8 Å². The Morgan fingerprint density at radius 2 is 1.86 bits per heavy atom. The van der Waals surface area contributed by atoms with Crippen LogP contribution in [0.15, 0.2) is 48.8 Å². The number of nitrogens with one attached hydrogen (secondary N) is 1. The molecule has 0 bridgehead atoms. The van der Waals surface area contributed by atoms with Crippen molar-refractivity contribution < 1.29 is 19.2 Å². The third-order valence-electron chi connectivity index (χ3n) is 5.33. The van der Waals surface area contributed by atoms with Gasteiger partial charge in [0.2, 0.25) is 0 Å². The molecule has 2 aromatic rings. The van der Waals surface area contributed by atoms with Gasteiger partial charge in [-0.25, -0.2) is 9.69 Å². The Morgan fingerprint density at radius 3 is 2.59 bits per heavy atom. The number of amides is 4. The summed E-state index contributed by atoms with van der Waals surface area (Å²) in [7, 11) is 0. The summed E-state index contributed by atoms with van der Waals surface area (Å²) >= 11 is 0. The van der Waals surface area contributed by atoms with Gasteiger partial charge >= 0.3 is 6.03 Å². The lowest BCUT2D eigenvalue weighted by molar-refractivity contribution is -0.120. The number of anilines is 1. The molecular formula is C21H20N4O4. The molecule has 2 atom stereocenters. The number of hydrogen-bond donors (Lipinski definition) is 1. The number of rotatable bonds is 4. The normalized spacial score (nSPS) is 21.1. The molecule has 0 spiro atoms. The maximum absolute atomic E-state index is 13.0. The molecule has 2 fully saturated rings. The monoisotopic (exact) mass is 392 g/mol. The van der Waals surface area contributed by atoms with E-state index >= 15 is 0 Å². The second-order valence-electron chi connectivity index (χ2n) is 7.20. The van der Waals surface area contributed by atoms with Crippen molar-refractivity contribution in [2.45, 2.75) is 31.8 Å². The molecule has 2 saturated heterocycles. The minimum absolute atomic E-state index is 0.137. The molecule has 4 rings (SSSR count). The minimum atomic E-state index is -0.625. The van der Waals surface area contributed by atoms with Crippen LogP contribution in [0.2, 0.25) is 0 Å². The number of hydrogen-bond acceptors (Lipinski definition) is 5. The number of imide groups is 1. The first-order valence-electron chi connectivity index (χ1n) is 9.42. The summed E-state index contributed by atoms with van der Waals surface area (Å²) in [5, 5.41) is 2.94. The fourth-order valence-electron chi connectivity index (χ4n) is 3.80. The largest absolute Gasteiger partial charge is 0.349 e. The summed E-state index contributed by atoms with van der Waals surface area (Å²) in [5.41, 5.74) is 1.33. The van der Waals surface area contributed by atoms with Crippen LogP contribution in [0.5, 0.6) is 0 Å². The van der Waals surface area contributed by atoms with E-state index in [0.29, 0.717) is 36.2 Å². The lowest BCUT2D eigenvalue weighted by Crippen LogP contribution is -2.49. The summed E-state index contributed by atoms with van der Waals surface area (Å²) in [6.07, 6.45) is 4.01. The van der Waals surface area contributed by atoms with E-state index < -0.39 is 6.04 Å². The Balaban J connectivity index is 1.50. The number of fused-ring (bicyclic) bond motifs is 1. The van der Waals surface area contributed by atoms with E-state index in [-0.39, 0.29) is 29.7 Å². The smallest absolute Gasteiger partial charge is 0.332 e. The van der Waals surface area contributed by atoms with E-state index in [9.17, 15) is 19.2 Å².